The molecule has 0 bridgehead atoms. The first-order valence-electron chi connectivity index (χ1n) is 8.89. The summed E-state index contributed by atoms with van der Waals surface area (Å²) in [5.41, 5.74) is 0.858. The molecule has 1 fully saturated rings. The smallest absolute Gasteiger partial charge is 0.335 e. The van der Waals surface area contributed by atoms with Gasteiger partial charge in [0.25, 0.3) is 0 Å². The summed E-state index contributed by atoms with van der Waals surface area (Å²) >= 11 is 0. The van der Waals surface area contributed by atoms with Gasteiger partial charge in [0.15, 0.2) is 0 Å². The first kappa shape index (κ1) is 19.0. The second kappa shape index (κ2) is 9.20. The normalized spacial score (nSPS) is 17.2. The molecule has 6 nitrogen and oxygen atoms in total. The van der Waals surface area contributed by atoms with Crippen LogP contribution in [0.25, 0.3) is 0 Å². The molecule has 6 heteroatoms. The van der Waals surface area contributed by atoms with Gasteiger partial charge in [-0.05, 0) is 37.0 Å². The van der Waals surface area contributed by atoms with Gasteiger partial charge in [0.05, 0.1) is 17.9 Å². The zero-order valence-electron chi connectivity index (χ0n) is 14.7. The van der Waals surface area contributed by atoms with Crippen LogP contribution >= 0.6 is 0 Å². The van der Waals surface area contributed by atoms with Crippen molar-refractivity contribution in [1.82, 2.24) is 10.2 Å². The Morgan fingerprint density at radius 2 is 2.12 bits per heavy atom. The summed E-state index contributed by atoms with van der Waals surface area (Å²) in [5.74, 6) is -1.19. The lowest BCUT2D eigenvalue weighted by Gasteiger charge is -2.32. The Hall–Kier alpha value is -2.37. The number of likely N-dealkylation sites (tertiary alicyclic amines) is 1. The van der Waals surface area contributed by atoms with Crippen molar-refractivity contribution >= 4 is 17.8 Å². The van der Waals surface area contributed by atoms with E-state index in [1.165, 1.54) is 12.1 Å². The van der Waals surface area contributed by atoms with E-state index in [9.17, 15) is 14.4 Å². The summed E-state index contributed by atoms with van der Waals surface area (Å²) < 4.78 is 0. The fourth-order valence-electron chi connectivity index (χ4n) is 3.05. The highest BCUT2D eigenvalue weighted by Gasteiger charge is 2.28. The van der Waals surface area contributed by atoms with E-state index < -0.39 is 5.97 Å². The van der Waals surface area contributed by atoms with Gasteiger partial charge in [0, 0.05) is 19.6 Å². The number of carboxylic acid groups (broad SMARTS) is 1. The first-order chi connectivity index (χ1) is 12.0. The van der Waals surface area contributed by atoms with Gasteiger partial charge in [0.1, 0.15) is 0 Å². The maximum absolute atomic E-state index is 12.5. The summed E-state index contributed by atoms with van der Waals surface area (Å²) in [4.78, 5) is 37.5. The second-order valence-corrected chi connectivity index (χ2v) is 6.51. The van der Waals surface area contributed by atoms with Crippen LogP contribution in [-0.2, 0) is 16.0 Å². The minimum absolute atomic E-state index is 0.0267. The van der Waals surface area contributed by atoms with E-state index in [1.807, 2.05) is 0 Å². The molecule has 1 saturated heterocycles. The highest BCUT2D eigenvalue weighted by molar-refractivity contribution is 5.88. The number of hydrogen-bond donors (Lipinski definition) is 2. The number of rotatable bonds is 7. The molecule has 25 heavy (non-hydrogen) atoms. The van der Waals surface area contributed by atoms with Crippen LogP contribution in [-0.4, -0.2) is 47.4 Å². The van der Waals surface area contributed by atoms with Crippen LogP contribution < -0.4 is 5.32 Å². The molecule has 136 valence electrons. The summed E-state index contributed by atoms with van der Waals surface area (Å²) in [6, 6.07) is 6.43. The zero-order chi connectivity index (χ0) is 18.2. The topological polar surface area (TPSA) is 86.7 Å². The van der Waals surface area contributed by atoms with Crippen molar-refractivity contribution in [2.75, 3.05) is 19.6 Å². The minimum Gasteiger partial charge on any atom is -0.478 e. The molecular weight excluding hydrogens is 320 g/mol. The maximum atomic E-state index is 12.5. The van der Waals surface area contributed by atoms with Gasteiger partial charge < -0.3 is 15.3 Å². The highest BCUT2D eigenvalue weighted by Crippen LogP contribution is 2.18. The molecule has 1 atom stereocenters. The number of nitrogens with one attached hydrogen (secondary N) is 1. The number of carbonyl (C=O) groups excluding carboxylic acids is 2. The number of aromatic carboxylic acids is 1. The number of nitrogens with zero attached hydrogens (tertiary/aromatic N) is 1. The lowest BCUT2D eigenvalue weighted by molar-refractivity contribution is -0.135. The molecule has 1 aliphatic rings. The molecule has 2 rings (SSSR count). The number of amides is 2. The van der Waals surface area contributed by atoms with E-state index in [1.54, 1.807) is 17.0 Å². The van der Waals surface area contributed by atoms with E-state index in [2.05, 4.69) is 12.2 Å². The third-order valence-corrected chi connectivity index (χ3v) is 4.50. The Kier molecular flexibility index (Phi) is 6.98. The van der Waals surface area contributed by atoms with Crippen molar-refractivity contribution in [2.24, 2.45) is 5.92 Å². The minimum atomic E-state index is -1.00. The molecule has 0 aliphatic carbocycles. The van der Waals surface area contributed by atoms with Crippen LogP contribution in [0.2, 0.25) is 0 Å². The fraction of sp³-hybridized carbons (Fsp3) is 0.526. The molecular formula is C19H26N2O4. The number of carbonyl (C=O) groups is 3. The van der Waals surface area contributed by atoms with Crippen molar-refractivity contribution in [3.05, 3.63) is 35.4 Å². The molecule has 1 aromatic rings. The van der Waals surface area contributed by atoms with E-state index in [-0.39, 0.29) is 29.7 Å². The van der Waals surface area contributed by atoms with Crippen LogP contribution in [0.4, 0.5) is 0 Å². The monoisotopic (exact) mass is 346 g/mol. The van der Waals surface area contributed by atoms with Crippen LogP contribution in [0.1, 0.15) is 48.5 Å². The quantitative estimate of drug-likeness (QED) is 0.740. The molecule has 1 aliphatic heterocycles. The predicted octanol–water partition coefficient (Wildman–Crippen LogP) is 2.08. The Bertz CT molecular complexity index is 630. The summed E-state index contributed by atoms with van der Waals surface area (Å²) in [7, 11) is 0. The fourth-order valence-corrected chi connectivity index (χ4v) is 3.05. The SMILES string of the molecule is CCCCNC(=O)C1CCCN(C(=O)Cc2cccc(C(=O)O)c2)C1. The number of hydrogen-bond acceptors (Lipinski definition) is 3. The Labute approximate surface area is 148 Å². The number of unbranched alkanes of at least 4 members (excludes halogenated alkanes) is 1. The number of benzene rings is 1. The average molecular weight is 346 g/mol. The molecule has 1 aromatic carbocycles. The zero-order valence-corrected chi connectivity index (χ0v) is 14.7. The van der Waals surface area contributed by atoms with E-state index in [0.717, 1.165) is 25.7 Å². The van der Waals surface area contributed by atoms with Gasteiger partial charge in [-0.25, -0.2) is 4.79 Å². The Morgan fingerprint density at radius 1 is 1.32 bits per heavy atom. The molecule has 2 N–H and O–H groups in total. The Morgan fingerprint density at radius 3 is 2.84 bits per heavy atom. The van der Waals surface area contributed by atoms with Crippen LogP contribution in [0.3, 0.4) is 0 Å². The van der Waals surface area contributed by atoms with Crippen molar-refractivity contribution in [3.63, 3.8) is 0 Å². The summed E-state index contributed by atoms with van der Waals surface area (Å²) in [6.45, 7) is 3.85. The van der Waals surface area contributed by atoms with E-state index >= 15 is 0 Å². The van der Waals surface area contributed by atoms with Gasteiger partial charge in [-0.3, -0.25) is 9.59 Å². The lowest BCUT2D eigenvalue weighted by atomic mass is 9.96. The molecule has 0 radical (unpaired) electrons. The number of carboxylic acids is 1. The van der Waals surface area contributed by atoms with Gasteiger partial charge >= 0.3 is 5.97 Å². The van der Waals surface area contributed by atoms with Gasteiger partial charge in [-0.15, -0.1) is 0 Å². The van der Waals surface area contributed by atoms with Gasteiger partial charge in [0.2, 0.25) is 11.8 Å². The van der Waals surface area contributed by atoms with E-state index in [4.69, 9.17) is 5.11 Å². The lowest BCUT2D eigenvalue weighted by Crippen LogP contribution is -2.46. The number of piperidine rings is 1. The third kappa shape index (κ3) is 5.59. The van der Waals surface area contributed by atoms with Gasteiger partial charge in [-0.1, -0.05) is 25.5 Å². The van der Waals surface area contributed by atoms with Gasteiger partial charge in [-0.2, -0.15) is 0 Å². The molecule has 1 heterocycles. The molecule has 0 saturated carbocycles. The second-order valence-electron chi connectivity index (χ2n) is 6.51. The van der Waals surface area contributed by atoms with Crippen molar-refractivity contribution in [1.29, 1.82) is 0 Å². The Balaban J connectivity index is 1.92. The summed E-state index contributed by atoms with van der Waals surface area (Å²) in [6.07, 6.45) is 3.76. The maximum Gasteiger partial charge on any atom is 0.335 e. The van der Waals surface area contributed by atoms with Crippen molar-refractivity contribution in [2.45, 2.75) is 39.0 Å². The van der Waals surface area contributed by atoms with Crippen LogP contribution in [0.15, 0.2) is 24.3 Å². The average Bonchev–Trinajstić information content (AvgIpc) is 2.62. The first-order valence-corrected chi connectivity index (χ1v) is 8.89. The molecule has 2 amide bonds. The third-order valence-electron chi connectivity index (χ3n) is 4.50. The predicted molar refractivity (Wildman–Crippen MR) is 94.3 cm³/mol. The van der Waals surface area contributed by atoms with Crippen molar-refractivity contribution in [3.8, 4) is 0 Å². The molecule has 1 unspecified atom stereocenters. The largest absolute Gasteiger partial charge is 0.478 e. The van der Waals surface area contributed by atoms with Crippen molar-refractivity contribution < 1.29 is 19.5 Å². The van der Waals surface area contributed by atoms with E-state index in [0.29, 0.717) is 25.2 Å². The summed E-state index contributed by atoms with van der Waals surface area (Å²) in [5, 5.41) is 12.0. The molecule has 0 spiro atoms. The van der Waals surface area contributed by atoms with Crippen LogP contribution in [0, 0.1) is 5.92 Å². The highest BCUT2D eigenvalue weighted by atomic mass is 16.4. The van der Waals surface area contributed by atoms with Crippen LogP contribution in [0.5, 0.6) is 0 Å². The standard InChI is InChI=1S/C19H26N2O4/c1-2-3-9-20-18(23)16-8-5-10-21(13-16)17(22)12-14-6-4-7-15(11-14)19(24)25/h4,6-7,11,16H,2-3,5,8-10,12-13H2,1H3,(H,20,23)(H,24,25). The molecule has 0 aromatic heterocycles.